The van der Waals surface area contributed by atoms with Gasteiger partial charge in [0.05, 0.1) is 6.61 Å². The Morgan fingerprint density at radius 3 is 2.89 bits per heavy atom. The fourth-order valence-electron chi connectivity index (χ4n) is 2.41. The Bertz CT molecular complexity index is 584. The van der Waals surface area contributed by atoms with Crippen molar-refractivity contribution in [2.75, 3.05) is 19.7 Å². The molecular formula is C15H21N3O. The van der Waals surface area contributed by atoms with E-state index in [0.717, 1.165) is 31.1 Å². The van der Waals surface area contributed by atoms with Crippen molar-refractivity contribution in [3.05, 3.63) is 30.2 Å². The minimum absolute atomic E-state index is 0.282. The number of rotatable bonds is 4. The minimum Gasteiger partial charge on any atom is -0.493 e. The average molecular weight is 259 g/mol. The Morgan fingerprint density at radius 1 is 1.47 bits per heavy atom. The third-order valence-corrected chi connectivity index (χ3v) is 3.80. The van der Waals surface area contributed by atoms with Gasteiger partial charge < -0.3 is 14.5 Å². The molecule has 0 spiro atoms. The van der Waals surface area contributed by atoms with Crippen LogP contribution in [0.3, 0.4) is 0 Å². The summed E-state index contributed by atoms with van der Waals surface area (Å²) in [6.45, 7) is 9.44. The van der Waals surface area contributed by atoms with Crippen LogP contribution < -0.4 is 10.1 Å². The van der Waals surface area contributed by atoms with Crippen molar-refractivity contribution < 1.29 is 4.74 Å². The van der Waals surface area contributed by atoms with Crippen molar-refractivity contribution in [2.24, 2.45) is 5.41 Å². The van der Waals surface area contributed by atoms with Crippen LogP contribution in [0, 0.1) is 5.41 Å². The van der Waals surface area contributed by atoms with Crippen LogP contribution in [0.15, 0.2) is 24.5 Å². The lowest BCUT2D eigenvalue weighted by Crippen LogP contribution is -2.54. The van der Waals surface area contributed by atoms with E-state index in [2.05, 4.69) is 35.5 Å². The summed E-state index contributed by atoms with van der Waals surface area (Å²) in [5.74, 6) is 1.38. The summed E-state index contributed by atoms with van der Waals surface area (Å²) < 4.78 is 8.03. The van der Waals surface area contributed by atoms with Crippen LogP contribution in [0.1, 0.15) is 32.4 Å². The Balaban J connectivity index is 1.78. The molecule has 1 saturated heterocycles. The second-order valence-electron chi connectivity index (χ2n) is 6.13. The molecule has 2 aromatic heterocycles. The van der Waals surface area contributed by atoms with Crippen molar-refractivity contribution in [3.8, 4) is 5.75 Å². The molecule has 0 aliphatic carbocycles. The van der Waals surface area contributed by atoms with Gasteiger partial charge in [0.25, 0.3) is 0 Å². The Labute approximate surface area is 113 Å². The second-order valence-corrected chi connectivity index (χ2v) is 6.13. The van der Waals surface area contributed by atoms with E-state index in [-0.39, 0.29) is 5.41 Å². The number of imidazole rings is 1. The summed E-state index contributed by atoms with van der Waals surface area (Å²) in [4.78, 5) is 4.45. The highest BCUT2D eigenvalue weighted by molar-refractivity contribution is 5.46. The van der Waals surface area contributed by atoms with E-state index in [9.17, 15) is 0 Å². The zero-order chi connectivity index (χ0) is 13.5. The fourth-order valence-corrected chi connectivity index (χ4v) is 2.41. The van der Waals surface area contributed by atoms with E-state index in [4.69, 9.17) is 4.74 Å². The molecule has 4 heteroatoms. The molecule has 19 heavy (non-hydrogen) atoms. The lowest BCUT2D eigenvalue weighted by atomic mass is 9.85. The van der Waals surface area contributed by atoms with Crippen LogP contribution in [0.25, 0.3) is 5.65 Å². The van der Waals surface area contributed by atoms with Crippen LogP contribution in [0.5, 0.6) is 5.75 Å². The van der Waals surface area contributed by atoms with Gasteiger partial charge in [-0.3, -0.25) is 0 Å². The van der Waals surface area contributed by atoms with Gasteiger partial charge in [0, 0.05) is 42.7 Å². The molecule has 0 bridgehead atoms. The SMILES string of the molecule is CC(C)c1cnc2cc(OCC3(C)CNC3)ccn12. The van der Waals surface area contributed by atoms with Gasteiger partial charge in [-0.15, -0.1) is 0 Å². The lowest BCUT2D eigenvalue weighted by Gasteiger charge is -2.38. The van der Waals surface area contributed by atoms with Crippen LogP contribution in [-0.2, 0) is 0 Å². The summed E-state index contributed by atoms with van der Waals surface area (Å²) >= 11 is 0. The van der Waals surface area contributed by atoms with Crippen molar-refractivity contribution >= 4 is 5.65 Å². The van der Waals surface area contributed by atoms with Gasteiger partial charge in [-0.05, 0) is 12.0 Å². The van der Waals surface area contributed by atoms with Crippen molar-refractivity contribution in [3.63, 3.8) is 0 Å². The van der Waals surface area contributed by atoms with Gasteiger partial charge in [0.2, 0.25) is 0 Å². The molecule has 1 fully saturated rings. The lowest BCUT2D eigenvalue weighted by molar-refractivity contribution is 0.102. The first-order chi connectivity index (χ1) is 9.07. The van der Waals surface area contributed by atoms with Crippen molar-refractivity contribution in [2.45, 2.75) is 26.7 Å². The molecule has 3 heterocycles. The molecular weight excluding hydrogens is 238 g/mol. The smallest absolute Gasteiger partial charge is 0.140 e. The molecule has 0 atom stereocenters. The van der Waals surface area contributed by atoms with Crippen LogP contribution >= 0.6 is 0 Å². The standard InChI is InChI=1S/C15H21N3O/c1-11(2)13-7-17-14-6-12(4-5-18(13)14)19-10-15(3)8-16-9-15/h4-7,11,16H,8-10H2,1-3H3. The van der Waals surface area contributed by atoms with Gasteiger partial charge in [-0.1, -0.05) is 20.8 Å². The molecule has 0 amide bonds. The van der Waals surface area contributed by atoms with Crippen molar-refractivity contribution in [1.29, 1.82) is 0 Å². The third-order valence-electron chi connectivity index (χ3n) is 3.80. The number of aromatic nitrogens is 2. The average Bonchev–Trinajstić information content (AvgIpc) is 2.77. The van der Waals surface area contributed by atoms with Crippen molar-refractivity contribution in [1.82, 2.24) is 14.7 Å². The number of pyridine rings is 1. The number of hydrogen-bond acceptors (Lipinski definition) is 3. The topological polar surface area (TPSA) is 38.6 Å². The molecule has 0 aromatic carbocycles. The maximum Gasteiger partial charge on any atom is 0.140 e. The molecule has 0 radical (unpaired) electrons. The molecule has 1 aliphatic heterocycles. The quantitative estimate of drug-likeness (QED) is 0.916. The summed E-state index contributed by atoms with van der Waals surface area (Å²) in [5.41, 5.74) is 2.47. The van der Waals surface area contributed by atoms with E-state index in [0.29, 0.717) is 5.92 Å². The normalized spacial score (nSPS) is 17.7. The fraction of sp³-hybridized carbons (Fsp3) is 0.533. The van der Waals surface area contributed by atoms with Gasteiger partial charge >= 0.3 is 0 Å². The molecule has 4 nitrogen and oxygen atoms in total. The Hall–Kier alpha value is -1.55. The van der Waals surface area contributed by atoms with Gasteiger partial charge in [-0.2, -0.15) is 0 Å². The first kappa shape index (κ1) is 12.5. The highest BCUT2D eigenvalue weighted by atomic mass is 16.5. The maximum absolute atomic E-state index is 5.90. The summed E-state index contributed by atoms with van der Waals surface area (Å²) in [6, 6.07) is 4.04. The zero-order valence-electron chi connectivity index (χ0n) is 11.8. The Morgan fingerprint density at radius 2 is 2.26 bits per heavy atom. The molecule has 3 rings (SSSR count). The van der Waals surface area contributed by atoms with Gasteiger partial charge in [0.1, 0.15) is 11.4 Å². The molecule has 1 aliphatic rings. The van der Waals surface area contributed by atoms with E-state index in [1.165, 1.54) is 5.69 Å². The first-order valence-electron chi connectivity index (χ1n) is 6.88. The van der Waals surface area contributed by atoms with Gasteiger partial charge in [0.15, 0.2) is 0 Å². The highest BCUT2D eigenvalue weighted by Gasteiger charge is 2.32. The monoisotopic (exact) mass is 259 g/mol. The van der Waals surface area contributed by atoms with E-state index < -0.39 is 0 Å². The minimum atomic E-state index is 0.282. The summed E-state index contributed by atoms with van der Waals surface area (Å²) in [5, 5.41) is 3.29. The number of hydrogen-bond donors (Lipinski definition) is 1. The van der Waals surface area contributed by atoms with Gasteiger partial charge in [-0.25, -0.2) is 4.98 Å². The Kier molecular flexibility index (Phi) is 2.97. The number of ether oxygens (including phenoxy) is 1. The number of fused-ring (bicyclic) bond motifs is 1. The molecule has 0 saturated carbocycles. The zero-order valence-corrected chi connectivity index (χ0v) is 11.8. The molecule has 1 N–H and O–H groups in total. The van der Waals surface area contributed by atoms with E-state index in [1.807, 2.05) is 24.5 Å². The van der Waals surface area contributed by atoms with Crippen LogP contribution in [-0.4, -0.2) is 29.1 Å². The van der Waals surface area contributed by atoms with Crippen LogP contribution in [0.2, 0.25) is 0 Å². The maximum atomic E-state index is 5.90. The first-order valence-corrected chi connectivity index (χ1v) is 6.88. The van der Waals surface area contributed by atoms with Crippen LogP contribution in [0.4, 0.5) is 0 Å². The second kappa shape index (κ2) is 4.53. The predicted molar refractivity (Wildman–Crippen MR) is 75.8 cm³/mol. The largest absolute Gasteiger partial charge is 0.493 e. The summed E-state index contributed by atoms with van der Waals surface area (Å²) in [6.07, 6.45) is 4.00. The van der Waals surface area contributed by atoms with E-state index >= 15 is 0 Å². The third kappa shape index (κ3) is 2.32. The number of nitrogens with one attached hydrogen (secondary N) is 1. The predicted octanol–water partition coefficient (Wildman–Crippen LogP) is 2.45. The summed E-state index contributed by atoms with van der Waals surface area (Å²) in [7, 11) is 0. The number of nitrogens with zero attached hydrogens (tertiary/aromatic N) is 2. The molecule has 0 unspecified atom stereocenters. The van der Waals surface area contributed by atoms with E-state index in [1.54, 1.807) is 0 Å². The molecule has 102 valence electrons. The highest BCUT2D eigenvalue weighted by Crippen LogP contribution is 2.24. The molecule has 2 aromatic rings.